The first-order chi connectivity index (χ1) is 37.0. The Kier molecular flexibility index (Phi) is 58.9. The van der Waals surface area contributed by atoms with Crippen LogP contribution in [0.4, 0.5) is 0 Å². The van der Waals surface area contributed by atoms with Crippen LogP contribution < -0.4 is 0 Å². The average Bonchev–Trinajstić information content (AvgIpc) is 3.41. The van der Waals surface area contributed by atoms with Crippen LogP contribution in [-0.4, -0.2) is 37.2 Å². The summed E-state index contributed by atoms with van der Waals surface area (Å²) in [6.07, 6.45) is 86.3. The zero-order valence-corrected chi connectivity index (χ0v) is 48.8. The lowest BCUT2D eigenvalue weighted by atomic mass is 10.1. The van der Waals surface area contributed by atoms with Crippen molar-refractivity contribution in [3.8, 4) is 0 Å². The van der Waals surface area contributed by atoms with Gasteiger partial charge in [0.1, 0.15) is 13.2 Å². The lowest BCUT2D eigenvalue weighted by molar-refractivity contribution is -0.167. The fourth-order valence-corrected chi connectivity index (χ4v) is 8.31. The summed E-state index contributed by atoms with van der Waals surface area (Å²) in [5.41, 5.74) is 0. The quantitative estimate of drug-likeness (QED) is 0.0261. The van der Waals surface area contributed by atoms with E-state index in [0.29, 0.717) is 19.3 Å². The van der Waals surface area contributed by atoms with Gasteiger partial charge in [0.25, 0.3) is 0 Å². The van der Waals surface area contributed by atoms with Crippen molar-refractivity contribution < 1.29 is 28.6 Å². The van der Waals surface area contributed by atoms with Crippen molar-refractivity contribution >= 4 is 17.9 Å². The minimum absolute atomic E-state index is 0.0875. The van der Waals surface area contributed by atoms with Crippen LogP contribution in [0.3, 0.4) is 0 Å². The molecule has 0 saturated carbocycles. The van der Waals surface area contributed by atoms with Crippen molar-refractivity contribution in [1.29, 1.82) is 0 Å². The van der Waals surface area contributed by atoms with Gasteiger partial charge in [-0.05, 0) is 116 Å². The molecule has 0 radical (unpaired) electrons. The van der Waals surface area contributed by atoms with Crippen LogP contribution in [0.15, 0.2) is 122 Å². The summed E-state index contributed by atoms with van der Waals surface area (Å²) in [5, 5.41) is 0. The Morgan fingerprint density at radius 1 is 0.280 bits per heavy atom. The molecule has 0 bridgehead atoms. The molecular formula is C69H114O6. The van der Waals surface area contributed by atoms with Crippen LogP contribution in [0.2, 0.25) is 0 Å². The van der Waals surface area contributed by atoms with E-state index in [1.807, 2.05) is 0 Å². The van der Waals surface area contributed by atoms with E-state index in [0.717, 1.165) is 135 Å². The average molecular weight is 1040 g/mol. The number of allylic oxidation sites excluding steroid dienone is 20. The van der Waals surface area contributed by atoms with Gasteiger partial charge in [-0.3, -0.25) is 14.4 Å². The van der Waals surface area contributed by atoms with Crippen LogP contribution in [-0.2, 0) is 28.6 Å². The van der Waals surface area contributed by atoms with E-state index in [1.165, 1.54) is 103 Å². The number of ether oxygens (including phenoxy) is 3. The maximum atomic E-state index is 12.9. The summed E-state index contributed by atoms with van der Waals surface area (Å²) in [4.78, 5) is 38.1. The minimum Gasteiger partial charge on any atom is -0.462 e. The van der Waals surface area contributed by atoms with Crippen LogP contribution in [0.1, 0.15) is 278 Å². The van der Waals surface area contributed by atoms with Crippen molar-refractivity contribution in [2.24, 2.45) is 0 Å². The molecule has 0 aliphatic rings. The lowest BCUT2D eigenvalue weighted by Gasteiger charge is -2.18. The fraction of sp³-hybridized carbons (Fsp3) is 0.667. The van der Waals surface area contributed by atoms with Crippen molar-refractivity contribution in [2.45, 2.75) is 284 Å². The van der Waals surface area contributed by atoms with E-state index in [-0.39, 0.29) is 31.1 Å². The molecule has 0 saturated heterocycles. The van der Waals surface area contributed by atoms with Crippen LogP contribution in [0.5, 0.6) is 0 Å². The molecule has 0 aromatic heterocycles. The number of carbonyl (C=O) groups excluding carboxylic acids is 3. The highest BCUT2D eigenvalue weighted by atomic mass is 16.6. The molecule has 0 rings (SSSR count). The molecule has 0 aromatic carbocycles. The second kappa shape index (κ2) is 62.4. The van der Waals surface area contributed by atoms with Crippen molar-refractivity contribution in [3.05, 3.63) is 122 Å². The Balaban J connectivity index is 4.29. The van der Waals surface area contributed by atoms with Gasteiger partial charge in [-0.25, -0.2) is 0 Å². The van der Waals surface area contributed by atoms with Gasteiger partial charge in [0.2, 0.25) is 0 Å². The Labute approximate surface area is 462 Å². The van der Waals surface area contributed by atoms with Gasteiger partial charge in [0, 0.05) is 19.3 Å². The van der Waals surface area contributed by atoms with E-state index in [2.05, 4.69) is 142 Å². The molecule has 6 nitrogen and oxygen atoms in total. The third kappa shape index (κ3) is 60.6. The maximum absolute atomic E-state index is 12.9. The van der Waals surface area contributed by atoms with Crippen molar-refractivity contribution in [3.63, 3.8) is 0 Å². The molecule has 0 aliphatic carbocycles. The number of rotatable bonds is 55. The number of hydrogen-bond acceptors (Lipinski definition) is 6. The highest BCUT2D eigenvalue weighted by molar-refractivity contribution is 5.71. The van der Waals surface area contributed by atoms with E-state index in [9.17, 15) is 14.4 Å². The van der Waals surface area contributed by atoms with Crippen LogP contribution >= 0.6 is 0 Å². The molecular weight excluding hydrogens is 925 g/mol. The molecule has 426 valence electrons. The SMILES string of the molecule is CC/C=C\C/C=C\C/C=C\C/C=C\C/C=C\C/C=C\C/C=C\CCCCCCCCCC(=O)OCC(COC(=O)CCCCCCCCCCC)OC(=O)CCCCCCCC/C=C\C/C=C\C/C=C\CCCCC. The first-order valence-corrected chi connectivity index (χ1v) is 31.0. The summed E-state index contributed by atoms with van der Waals surface area (Å²) in [6.45, 7) is 6.46. The third-order valence-corrected chi connectivity index (χ3v) is 13.0. The topological polar surface area (TPSA) is 78.9 Å². The Morgan fingerprint density at radius 2 is 0.520 bits per heavy atom. The smallest absolute Gasteiger partial charge is 0.306 e. The number of unbranched alkanes of at least 4 members (excludes halogenated alkanes) is 24. The first kappa shape index (κ1) is 70.8. The molecule has 0 fully saturated rings. The zero-order valence-electron chi connectivity index (χ0n) is 48.8. The lowest BCUT2D eigenvalue weighted by Crippen LogP contribution is -2.30. The van der Waals surface area contributed by atoms with Gasteiger partial charge < -0.3 is 14.2 Å². The molecule has 6 heteroatoms. The number of carbonyl (C=O) groups is 3. The summed E-state index contributed by atoms with van der Waals surface area (Å²) in [7, 11) is 0. The summed E-state index contributed by atoms with van der Waals surface area (Å²) < 4.78 is 16.8. The van der Waals surface area contributed by atoms with Gasteiger partial charge in [0.15, 0.2) is 6.10 Å². The van der Waals surface area contributed by atoms with E-state index in [4.69, 9.17) is 14.2 Å². The molecule has 1 unspecified atom stereocenters. The second-order valence-corrected chi connectivity index (χ2v) is 20.2. The van der Waals surface area contributed by atoms with E-state index < -0.39 is 6.10 Å². The number of esters is 3. The summed E-state index contributed by atoms with van der Waals surface area (Å²) in [6, 6.07) is 0. The molecule has 0 aliphatic heterocycles. The molecule has 0 heterocycles. The molecule has 0 N–H and O–H groups in total. The summed E-state index contributed by atoms with van der Waals surface area (Å²) in [5.74, 6) is -0.913. The largest absolute Gasteiger partial charge is 0.462 e. The highest BCUT2D eigenvalue weighted by Gasteiger charge is 2.19. The molecule has 1 atom stereocenters. The minimum atomic E-state index is -0.791. The Hall–Kier alpha value is -4.19. The van der Waals surface area contributed by atoms with Crippen LogP contribution in [0, 0.1) is 0 Å². The predicted molar refractivity (Wildman–Crippen MR) is 325 cm³/mol. The summed E-state index contributed by atoms with van der Waals surface area (Å²) >= 11 is 0. The van der Waals surface area contributed by atoms with Gasteiger partial charge in [0.05, 0.1) is 0 Å². The zero-order chi connectivity index (χ0) is 54.3. The highest BCUT2D eigenvalue weighted by Crippen LogP contribution is 2.15. The predicted octanol–water partition coefficient (Wildman–Crippen LogP) is 21.2. The normalized spacial score (nSPS) is 12.9. The first-order valence-electron chi connectivity index (χ1n) is 31.0. The maximum Gasteiger partial charge on any atom is 0.306 e. The van der Waals surface area contributed by atoms with Gasteiger partial charge in [-0.2, -0.15) is 0 Å². The van der Waals surface area contributed by atoms with E-state index in [1.54, 1.807) is 0 Å². The Morgan fingerprint density at radius 3 is 0.840 bits per heavy atom. The Bertz CT molecular complexity index is 1570. The van der Waals surface area contributed by atoms with Crippen molar-refractivity contribution in [1.82, 2.24) is 0 Å². The van der Waals surface area contributed by atoms with E-state index >= 15 is 0 Å². The fourth-order valence-electron chi connectivity index (χ4n) is 8.31. The standard InChI is InChI=1S/C69H114O6/c1-4-7-10-13-16-19-21-23-25-27-29-30-31-32-33-34-35-36-37-38-40-41-43-45-47-50-53-56-59-62-68(71)74-65-66(64-73-67(70)61-58-55-52-49-18-15-12-9-6-3)75-69(72)63-60-57-54-51-48-46-44-42-39-28-26-24-22-20-17-14-11-8-5-2/h7,10,16-17,19-20,23-26,29-30,32-33,35-36,38-40,42,66H,4-6,8-9,11-15,18,21-22,27-28,31,34,37,41,43-65H2,1-3H3/b10-7-,19-16-,20-17-,25-23-,26-24-,30-29-,33-32-,36-35-,40-38-,42-39-. The molecule has 0 amide bonds. The van der Waals surface area contributed by atoms with Gasteiger partial charge in [-0.15, -0.1) is 0 Å². The van der Waals surface area contributed by atoms with Crippen molar-refractivity contribution in [2.75, 3.05) is 13.2 Å². The number of hydrogen-bond donors (Lipinski definition) is 0. The third-order valence-electron chi connectivity index (χ3n) is 13.0. The monoisotopic (exact) mass is 1040 g/mol. The molecule has 0 spiro atoms. The van der Waals surface area contributed by atoms with Gasteiger partial charge in [-0.1, -0.05) is 264 Å². The van der Waals surface area contributed by atoms with Gasteiger partial charge >= 0.3 is 17.9 Å². The molecule has 75 heavy (non-hydrogen) atoms. The molecule has 0 aromatic rings. The second-order valence-electron chi connectivity index (χ2n) is 20.2. The van der Waals surface area contributed by atoms with Crippen LogP contribution in [0.25, 0.3) is 0 Å².